The molecule has 0 radical (unpaired) electrons. The fourth-order valence-electron chi connectivity index (χ4n) is 2.98. The number of aryl methyl sites for hydroxylation is 1. The Morgan fingerprint density at radius 1 is 1.43 bits per heavy atom. The molecule has 1 unspecified atom stereocenters. The lowest BCUT2D eigenvalue weighted by Crippen LogP contribution is -2.16. The van der Waals surface area contributed by atoms with Crippen molar-refractivity contribution in [3.63, 3.8) is 0 Å². The van der Waals surface area contributed by atoms with Crippen LogP contribution in [0.3, 0.4) is 0 Å². The van der Waals surface area contributed by atoms with Crippen molar-refractivity contribution in [3.8, 4) is 0 Å². The molecule has 0 aliphatic heterocycles. The molecule has 9 nitrogen and oxygen atoms in total. The number of hydrogen-bond donors (Lipinski definition) is 3. The lowest BCUT2D eigenvalue weighted by molar-refractivity contribution is 0.0591. The lowest BCUT2D eigenvalue weighted by Gasteiger charge is -2.13. The average molecular weight is 386 g/mol. The van der Waals surface area contributed by atoms with Crippen molar-refractivity contribution in [2.24, 2.45) is 7.05 Å². The molecule has 0 aromatic carbocycles. The van der Waals surface area contributed by atoms with Crippen LogP contribution in [0.5, 0.6) is 0 Å². The number of aliphatic hydroxyl groups is 1. The van der Waals surface area contributed by atoms with Gasteiger partial charge in [0.15, 0.2) is 11.5 Å². The summed E-state index contributed by atoms with van der Waals surface area (Å²) in [6.45, 7) is 2.00. The topological polar surface area (TPSA) is 119 Å². The van der Waals surface area contributed by atoms with Gasteiger partial charge in [-0.05, 0) is 31.5 Å². The average Bonchev–Trinajstić information content (AvgIpc) is 3.29. The van der Waals surface area contributed by atoms with E-state index in [2.05, 4.69) is 15.6 Å². The van der Waals surface area contributed by atoms with Crippen LogP contribution in [-0.4, -0.2) is 46.3 Å². The SMILES string of the molecule is COC(=O)c1c(NC(=O)c2ccco2)c2cc(NC(C)CCO)cnc2n1C. The molecule has 0 saturated carbocycles. The van der Waals surface area contributed by atoms with Gasteiger partial charge >= 0.3 is 5.97 Å². The highest BCUT2D eigenvalue weighted by atomic mass is 16.5. The molecular weight excluding hydrogens is 364 g/mol. The van der Waals surface area contributed by atoms with Crippen LogP contribution >= 0.6 is 0 Å². The molecule has 0 aliphatic carbocycles. The van der Waals surface area contributed by atoms with Crippen molar-refractivity contribution in [2.45, 2.75) is 19.4 Å². The van der Waals surface area contributed by atoms with Crippen LogP contribution in [0, 0.1) is 0 Å². The number of ether oxygens (including phenoxy) is 1. The molecule has 0 spiro atoms. The van der Waals surface area contributed by atoms with Gasteiger partial charge in [-0.25, -0.2) is 9.78 Å². The Bertz CT molecular complexity index is 994. The first-order chi connectivity index (χ1) is 13.5. The first-order valence-electron chi connectivity index (χ1n) is 8.75. The van der Waals surface area contributed by atoms with Gasteiger partial charge in [-0.2, -0.15) is 0 Å². The molecule has 1 amide bonds. The van der Waals surface area contributed by atoms with Crippen LogP contribution in [0.25, 0.3) is 11.0 Å². The standard InChI is InChI=1S/C19H22N4O5/c1-11(6-7-24)21-12-9-13-15(22-18(25)14-5-4-8-28-14)16(19(26)27-3)23(2)17(13)20-10-12/h4-5,8-11,21,24H,6-7H2,1-3H3,(H,22,25). The van der Waals surface area contributed by atoms with E-state index in [0.29, 0.717) is 23.1 Å². The van der Waals surface area contributed by atoms with Crippen LogP contribution in [0.4, 0.5) is 11.4 Å². The fraction of sp³-hybridized carbons (Fsp3) is 0.316. The molecule has 148 valence electrons. The first-order valence-corrected chi connectivity index (χ1v) is 8.75. The summed E-state index contributed by atoms with van der Waals surface area (Å²) in [6, 6.07) is 4.94. The van der Waals surface area contributed by atoms with Crippen LogP contribution in [0.2, 0.25) is 0 Å². The highest BCUT2D eigenvalue weighted by Gasteiger charge is 2.25. The van der Waals surface area contributed by atoms with Crippen LogP contribution in [0.15, 0.2) is 35.1 Å². The molecule has 0 fully saturated rings. The second-order valence-corrected chi connectivity index (χ2v) is 6.36. The molecule has 0 aliphatic rings. The maximum absolute atomic E-state index is 12.5. The Kier molecular flexibility index (Phi) is 5.65. The Morgan fingerprint density at radius 2 is 2.21 bits per heavy atom. The van der Waals surface area contributed by atoms with E-state index in [1.165, 1.54) is 19.4 Å². The van der Waals surface area contributed by atoms with Gasteiger partial charge in [-0.3, -0.25) is 4.79 Å². The Balaban J connectivity index is 2.08. The Morgan fingerprint density at radius 3 is 2.86 bits per heavy atom. The molecule has 0 bridgehead atoms. The first kappa shape index (κ1) is 19.4. The van der Waals surface area contributed by atoms with E-state index in [9.17, 15) is 9.59 Å². The van der Waals surface area contributed by atoms with Gasteiger partial charge in [-0.15, -0.1) is 0 Å². The number of hydrogen-bond acceptors (Lipinski definition) is 7. The number of fused-ring (bicyclic) bond motifs is 1. The van der Waals surface area contributed by atoms with Gasteiger partial charge in [0.25, 0.3) is 5.91 Å². The second kappa shape index (κ2) is 8.13. The fourth-order valence-corrected chi connectivity index (χ4v) is 2.98. The van der Waals surface area contributed by atoms with E-state index < -0.39 is 11.9 Å². The highest BCUT2D eigenvalue weighted by molar-refractivity contribution is 6.14. The summed E-state index contributed by atoms with van der Waals surface area (Å²) in [5.74, 6) is -0.973. The molecule has 0 saturated heterocycles. The third kappa shape index (κ3) is 3.70. The smallest absolute Gasteiger partial charge is 0.356 e. The number of rotatable bonds is 7. The van der Waals surface area contributed by atoms with E-state index in [1.807, 2.05) is 6.92 Å². The number of carbonyl (C=O) groups is 2. The lowest BCUT2D eigenvalue weighted by atomic mass is 10.2. The number of furan rings is 1. The number of anilines is 2. The van der Waals surface area contributed by atoms with Crippen molar-refractivity contribution in [3.05, 3.63) is 42.1 Å². The zero-order valence-corrected chi connectivity index (χ0v) is 15.9. The normalized spacial score (nSPS) is 12.0. The van der Waals surface area contributed by atoms with Gasteiger partial charge in [0.1, 0.15) is 5.65 Å². The van der Waals surface area contributed by atoms with Gasteiger partial charge in [0.05, 0.1) is 30.9 Å². The summed E-state index contributed by atoms with van der Waals surface area (Å²) < 4.78 is 11.6. The van der Waals surface area contributed by atoms with E-state index in [4.69, 9.17) is 14.3 Å². The second-order valence-electron chi connectivity index (χ2n) is 6.36. The molecule has 1 atom stereocenters. The van der Waals surface area contributed by atoms with E-state index in [0.717, 1.165) is 0 Å². The van der Waals surface area contributed by atoms with Gasteiger partial charge < -0.3 is 29.5 Å². The molecule has 9 heteroatoms. The molecule has 3 heterocycles. The van der Waals surface area contributed by atoms with Crippen LogP contribution < -0.4 is 10.6 Å². The molecule has 3 N–H and O–H groups in total. The predicted molar refractivity (Wildman–Crippen MR) is 104 cm³/mol. The van der Waals surface area contributed by atoms with Crippen molar-refractivity contribution in [1.82, 2.24) is 9.55 Å². The van der Waals surface area contributed by atoms with Crippen molar-refractivity contribution < 1.29 is 23.8 Å². The zero-order valence-electron chi connectivity index (χ0n) is 15.9. The quantitative estimate of drug-likeness (QED) is 0.534. The van der Waals surface area contributed by atoms with Crippen molar-refractivity contribution in [2.75, 3.05) is 24.4 Å². The minimum Gasteiger partial charge on any atom is -0.464 e. The number of methoxy groups -OCH3 is 1. The predicted octanol–water partition coefficient (Wildman–Crippen LogP) is 2.39. The number of aliphatic hydroxyl groups excluding tert-OH is 1. The minimum atomic E-state index is -0.599. The maximum atomic E-state index is 12.5. The highest BCUT2D eigenvalue weighted by Crippen LogP contribution is 2.32. The van der Waals surface area contributed by atoms with Crippen molar-refractivity contribution in [1.29, 1.82) is 0 Å². The summed E-state index contributed by atoms with van der Waals surface area (Å²) in [7, 11) is 2.95. The summed E-state index contributed by atoms with van der Waals surface area (Å²) in [4.78, 5) is 29.3. The number of carbonyl (C=O) groups excluding carboxylic acids is 2. The van der Waals surface area contributed by atoms with Crippen molar-refractivity contribution >= 4 is 34.3 Å². The molecular formula is C19H22N4O5. The maximum Gasteiger partial charge on any atom is 0.356 e. The van der Waals surface area contributed by atoms with Gasteiger partial charge in [-0.1, -0.05) is 0 Å². The molecule has 28 heavy (non-hydrogen) atoms. The third-order valence-electron chi connectivity index (χ3n) is 4.36. The van der Waals surface area contributed by atoms with Gasteiger partial charge in [0.2, 0.25) is 0 Å². The van der Waals surface area contributed by atoms with Gasteiger partial charge in [0, 0.05) is 25.1 Å². The monoisotopic (exact) mass is 386 g/mol. The molecule has 3 rings (SSSR count). The molecule has 3 aromatic rings. The van der Waals surface area contributed by atoms with E-state index >= 15 is 0 Å². The minimum absolute atomic E-state index is 0.0224. The van der Waals surface area contributed by atoms with E-state index in [1.54, 1.807) is 29.9 Å². The third-order valence-corrected chi connectivity index (χ3v) is 4.36. The number of pyridine rings is 1. The number of nitrogens with one attached hydrogen (secondary N) is 2. The number of amides is 1. The Hall–Kier alpha value is -3.33. The number of nitrogens with zero attached hydrogens (tertiary/aromatic N) is 2. The summed E-state index contributed by atoms with van der Waals surface area (Å²) >= 11 is 0. The largest absolute Gasteiger partial charge is 0.464 e. The Labute approximate surface area is 161 Å². The number of esters is 1. The van der Waals surface area contributed by atoms with Crippen LogP contribution in [-0.2, 0) is 11.8 Å². The summed E-state index contributed by atoms with van der Waals surface area (Å²) in [6.07, 6.45) is 3.60. The summed E-state index contributed by atoms with van der Waals surface area (Å²) in [5, 5.41) is 15.6. The van der Waals surface area contributed by atoms with E-state index in [-0.39, 0.29) is 29.8 Å². The zero-order chi connectivity index (χ0) is 20.3. The molecule has 3 aromatic heterocycles. The summed E-state index contributed by atoms with van der Waals surface area (Å²) in [5.41, 5.74) is 1.67. The number of aromatic nitrogens is 2. The van der Waals surface area contributed by atoms with Crippen LogP contribution in [0.1, 0.15) is 34.4 Å².